The predicted octanol–water partition coefficient (Wildman–Crippen LogP) is 0.554. The van der Waals surface area contributed by atoms with E-state index < -0.39 is 9.84 Å². The molecule has 0 aliphatic carbocycles. The summed E-state index contributed by atoms with van der Waals surface area (Å²) in [6.07, 6.45) is 4.82. The zero-order valence-electron chi connectivity index (χ0n) is 11.6. The van der Waals surface area contributed by atoms with Crippen LogP contribution in [0.2, 0.25) is 0 Å². The molecule has 19 heavy (non-hydrogen) atoms. The fourth-order valence-electron chi connectivity index (χ4n) is 3.05. The van der Waals surface area contributed by atoms with Gasteiger partial charge in [0.05, 0.1) is 17.5 Å². The van der Waals surface area contributed by atoms with Gasteiger partial charge in [-0.3, -0.25) is 4.79 Å². The molecule has 0 radical (unpaired) electrons. The van der Waals surface area contributed by atoms with Crippen molar-refractivity contribution in [2.24, 2.45) is 0 Å². The summed E-state index contributed by atoms with van der Waals surface area (Å²) in [5, 5.41) is 3.30. The molecular formula is C13H24N2O3S. The molecule has 2 atom stereocenters. The molecule has 2 aliphatic rings. The molecule has 110 valence electrons. The van der Waals surface area contributed by atoms with E-state index in [4.69, 9.17) is 0 Å². The Morgan fingerprint density at radius 1 is 1.26 bits per heavy atom. The topological polar surface area (TPSA) is 66.5 Å². The number of likely N-dealkylation sites (N-methyl/N-ethyl adjacent to an activating group) is 1. The van der Waals surface area contributed by atoms with Crippen LogP contribution in [-0.4, -0.2) is 55.9 Å². The van der Waals surface area contributed by atoms with E-state index in [1.165, 1.54) is 6.42 Å². The van der Waals surface area contributed by atoms with Crippen molar-refractivity contribution >= 4 is 15.7 Å². The van der Waals surface area contributed by atoms with Crippen LogP contribution in [0.3, 0.4) is 0 Å². The van der Waals surface area contributed by atoms with E-state index in [1.54, 1.807) is 4.90 Å². The Bertz CT molecular complexity index is 414. The molecule has 6 heteroatoms. The van der Waals surface area contributed by atoms with Crippen LogP contribution >= 0.6 is 0 Å². The molecule has 0 aromatic carbocycles. The second-order valence-corrected chi connectivity index (χ2v) is 7.77. The third-order valence-corrected chi connectivity index (χ3v) is 5.88. The minimum Gasteiger partial charge on any atom is -0.338 e. The van der Waals surface area contributed by atoms with Crippen molar-refractivity contribution in [3.63, 3.8) is 0 Å². The zero-order valence-corrected chi connectivity index (χ0v) is 12.4. The van der Waals surface area contributed by atoms with Gasteiger partial charge in [0.1, 0.15) is 0 Å². The van der Waals surface area contributed by atoms with Crippen molar-refractivity contribution in [2.45, 2.75) is 51.1 Å². The molecule has 2 rings (SSSR count). The van der Waals surface area contributed by atoms with Crippen LogP contribution in [0.15, 0.2) is 0 Å². The van der Waals surface area contributed by atoms with E-state index in [0.717, 1.165) is 25.8 Å². The first-order chi connectivity index (χ1) is 9.03. The van der Waals surface area contributed by atoms with Crippen molar-refractivity contribution in [3.05, 3.63) is 0 Å². The first-order valence-electron chi connectivity index (χ1n) is 7.28. The maximum atomic E-state index is 12.5. The maximum absolute atomic E-state index is 12.5. The van der Waals surface area contributed by atoms with Gasteiger partial charge < -0.3 is 10.2 Å². The highest BCUT2D eigenvalue weighted by Gasteiger charge is 2.36. The molecule has 1 N–H and O–H groups in total. The minimum atomic E-state index is -2.94. The fourth-order valence-corrected chi connectivity index (χ4v) is 4.79. The molecule has 2 fully saturated rings. The normalized spacial score (nSPS) is 30.8. The van der Waals surface area contributed by atoms with Crippen LogP contribution in [0.4, 0.5) is 0 Å². The number of nitrogens with zero attached hydrogens (tertiary/aromatic N) is 1. The lowest BCUT2D eigenvalue weighted by atomic mass is 10.1. The predicted molar refractivity (Wildman–Crippen MR) is 74.7 cm³/mol. The summed E-state index contributed by atoms with van der Waals surface area (Å²) in [6, 6.07) is -0.238. The van der Waals surface area contributed by atoms with E-state index in [9.17, 15) is 13.2 Å². The lowest BCUT2D eigenvalue weighted by Gasteiger charge is -2.30. The fraction of sp³-hybridized carbons (Fsp3) is 0.923. The molecular weight excluding hydrogens is 264 g/mol. The Morgan fingerprint density at radius 3 is 2.68 bits per heavy atom. The number of hydrogen-bond donors (Lipinski definition) is 1. The van der Waals surface area contributed by atoms with Gasteiger partial charge in [-0.1, -0.05) is 12.8 Å². The third kappa shape index (κ3) is 3.69. The van der Waals surface area contributed by atoms with Crippen molar-refractivity contribution in [1.82, 2.24) is 10.2 Å². The summed E-state index contributed by atoms with van der Waals surface area (Å²) in [5.41, 5.74) is 0. The molecule has 5 nitrogen and oxygen atoms in total. The quantitative estimate of drug-likeness (QED) is 0.824. The highest BCUT2D eigenvalue weighted by atomic mass is 32.2. The van der Waals surface area contributed by atoms with Crippen molar-refractivity contribution in [1.29, 1.82) is 0 Å². The Morgan fingerprint density at radius 2 is 2.05 bits per heavy atom. The van der Waals surface area contributed by atoms with Gasteiger partial charge in [0.15, 0.2) is 9.84 Å². The van der Waals surface area contributed by atoms with E-state index in [-0.39, 0.29) is 29.5 Å². The lowest BCUT2D eigenvalue weighted by Crippen LogP contribution is -2.50. The lowest BCUT2D eigenvalue weighted by molar-refractivity contribution is -0.135. The largest absolute Gasteiger partial charge is 0.338 e. The van der Waals surface area contributed by atoms with Gasteiger partial charge >= 0.3 is 0 Å². The molecule has 1 amide bonds. The maximum Gasteiger partial charge on any atom is 0.239 e. The Balaban J connectivity index is 2.02. The van der Waals surface area contributed by atoms with E-state index >= 15 is 0 Å². The summed E-state index contributed by atoms with van der Waals surface area (Å²) >= 11 is 0. The Kier molecular flexibility index (Phi) is 4.84. The summed E-state index contributed by atoms with van der Waals surface area (Å²) < 4.78 is 23.1. The number of hydrogen-bond acceptors (Lipinski definition) is 4. The molecule has 0 spiro atoms. The number of rotatable bonds is 3. The third-order valence-electron chi connectivity index (χ3n) is 4.13. The Labute approximate surface area is 115 Å². The highest BCUT2D eigenvalue weighted by molar-refractivity contribution is 7.91. The smallest absolute Gasteiger partial charge is 0.239 e. The first kappa shape index (κ1) is 14.8. The molecule has 0 aromatic heterocycles. The molecule has 0 bridgehead atoms. The molecule has 2 saturated heterocycles. The van der Waals surface area contributed by atoms with Gasteiger partial charge in [-0.05, 0) is 32.7 Å². The van der Waals surface area contributed by atoms with Gasteiger partial charge in [-0.25, -0.2) is 8.42 Å². The molecule has 2 unspecified atom stereocenters. The van der Waals surface area contributed by atoms with Gasteiger partial charge in [0.25, 0.3) is 0 Å². The highest BCUT2D eigenvalue weighted by Crippen LogP contribution is 2.20. The van der Waals surface area contributed by atoms with E-state index in [0.29, 0.717) is 13.0 Å². The Hall–Kier alpha value is -0.620. The summed E-state index contributed by atoms with van der Waals surface area (Å²) in [6.45, 7) is 3.41. The van der Waals surface area contributed by atoms with Crippen LogP contribution in [-0.2, 0) is 14.6 Å². The first-order valence-corrected chi connectivity index (χ1v) is 9.10. The van der Waals surface area contributed by atoms with Crippen LogP contribution < -0.4 is 5.32 Å². The average Bonchev–Trinajstić information content (AvgIpc) is 2.59. The van der Waals surface area contributed by atoms with Crippen LogP contribution in [0.5, 0.6) is 0 Å². The van der Waals surface area contributed by atoms with Gasteiger partial charge in [0, 0.05) is 12.6 Å². The molecule has 2 heterocycles. The number of sulfone groups is 1. The second-order valence-electron chi connectivity index (χ2n) is 5.54. The SMILES string of the molecule is CCN(C(=O)C1CCCCCN1)C1CCS(=O)(=O)C1. The number of amides is 1. The van der Waals surface area contributed by atoms with E-state index in [1.807, 2.05) is 6.92 Å². The van der Waals surface area contributed by atoms with Gasteiger partial charge in [-0.15, -0.1) is 0 Å². The number of carbonyl (C=O) groups excluding carboxylic acids is 1. The summed E-state index contributed by atoms with van der Waals surface area (Å²) in [7, 11) is -2.94. The second kappa shape index (κ2) is 6.22. The van der Waals surface area contributed by atoms with Crippen LogP contribution in [0.25, 0.3) is 0 Å². The minimum absolute atomic E-state index is 0.0894. The van der Waals surface area contributed by atoms with E-state index in [2.05, 4.69) is 5.32 Å². The van der Waals surface area contributed by atoms with Crippen molar-refractivity contribution in [2.75, 3.05) is 24.6 Å². The number of nitrogens with one attached hydrogen (secondary N) is 1. The van der Waals surface area contributed by atoms with Crippen molar-refractivity contribution < 1.29 is 13.2 Å². The van der Waals surface area contributed by atoms with Crippen molar-refractivity contribution in [3.8, 4) is 0 Å². The molecule has 0 aromatic rings. The van der Waals surface area contributed by atoms with Crippen LogP contribution in [0, 0.1) is 0 Å². The monoisotopic (exact) mass is 288 g/mol. The van der Waals surface area contributed by atoms with Gasteiger partial charge in [0.2, 0.25) is 5.91 Å². The van der Waals surface area contributed by atoms with Gasteiger partial charge in [-0.2, -0.15) is 0 Å². The number of carbonyl (C=O) groups is 1. The molecule has 2 aliphatic heterocycles. The average molecular weight is 288 g/mol. The zero-order chi connectivity index (χ0) is 13.9. The molecule has 0 saturated carbocycles. The summed E-state index contributed by atoms with van der Waals surface area (Å²) in [4.78, 5) is 14.3. The standard InChI is InChI=1S/C13H24N2O3S/c1-2-15(11-7-9-19(17,18)10-11)13(16)12-6-4-3-5-8-14-12/h11-12,14H,2-10H2,1H3. The van der Waals surface area contributed by atoms with Crippen LogP contribution in [0.1, 0.15) is 39.0 Å². The summed E-state index contributed by atoms with van der Waals surface area (Å²) in [5.74, 6) is 0.449.